The highest BCUT2D eigenvalue weighted by Gasteiger charge is 2.22. The lowest BCUT2D eigenvalue weighted by molar-refractivity contribution is 0.307. The molecule has 0 N–H and O–H groups in total. The van der Waals surface area contributed by atoms with E-state index in [0.717, 1.165) is 5.76 Å². The zero-order chi connectivity index (χ0) is 15.1. The van der Waals surface area contributed by atoms with Gasteiger partial charge in [-0.3, -0.25) is 0 Å². The first kappa shape index (κ1) is 18.2. The molecule has 2 heteroatoms. The number of ether oxygens (including phenoxy) is 1. The van der Waals surface area contributed by atoms with E-state index in [1.54, 1.807) is 13.2 Å². The SMILES string of the molecule is C=C/C(=C\C=C(/C=C)C(CC(C)(C)C)P(C)C)OC. The van der Waals surface area contributed by atoms with Gasteiger partial charge in [-0.15, -0.1) is 7.92 Å². The van der Waals surface area contributed by atoms with Crippen LogP contribution in [0.25, 0.3) is 0 Å². The molecule has 1 nitrogen and oxygen atoms in total. The number of hydrogen-bond acceptors (Lipinski definition) is 1. The molecule has 0 saturated heterocycles. The first-order valence-corrected chi connectivity index (χ1v) is 8.93. The van der Waals surface area contributed by atoms with Crippen LogP contribution >= 0.6 is 7.92 Å². The van der Waals surface area contributed by atoms with E-state index in [2.05, 4.69) is 53.3 Å². The van der Waals surface area contributed by atoms with Crippen molar-refractivity contribution in [3.63, 3.8) is 0 Å². The smallest absolute Gasteiger partial charge is 0.118 e. The average molecular weight is 280 g/mol. The van der Waals surface area contributed by atoms with E-state index in [1.807, 2.05) is 12.2 Å². The monoisotopic (exact) mass is 280 g/mol. The van der Waals surface area contributed by atoms with Crippen molar-refractivity contribution >= 4 is 7.92 Å². The van der Waals surface area contributed by atoms with Gasteiger partial charge in [0.1, 0.15) is 5.76 Å². The molecule has 0 bridgehead atoms. The third-order valence-corrected chi connectivity index (χ3v) is 4.65. The van der Waals surface area contributed by atoms with Gasteiger partial charge in [0.2, 0.25) is 0 Å². The number of rotatable bonds is 7. The van der Waals surface area contributed by atoms with E-state index >= 15 is 0 Å². The molecule has 0 amide bonds. The third-order valence-electron chi connectivity index (χ3n) is 2.93. The van der Waals surface area contributed by atoms with Crippen LogP contribution in [0.2, 0.25) is 0 Å². The van der Waals surface area contributed by atoms with E-state index < -0.39 is 0 Å². The Labute approximate surface area is 120 Å². The lowest BCUT2D eigenvalue weighted by Gasteiger charge is -2.30. The second kappa shape index (κ2) is 8.38. The average Bonchev–Trinajstić information content (AvgIpc) is 2.31. The maximum Gasteiger partial charge on any atom is 0.118 e. The predicted octanol–water partition coefficient (Wildman–Crippen LogP) is 5.36. The van der Waals surface area contributed by atoms with E-state index in [4.69, 9.17) is 4.74 Å². The van der Waals surface area contributed by atoms with Crippen LogP contribution in [0.15, 0.2) is 48.8 Å². The summed E-state index contributed by atoms with van der Waals surface area (Å²) in [6, 6.07) is 0. The van der Waals surface area contributed by atoms with Crippen LogP contribution in [-0.2, 0) is 4.74 Å². The topological polar surface area (TPSA) is 9.23 Å². The van der Waals surface area contributed by atoms with Gasteiger partial charge in [-0.2, -0.15) is 0 Å². The van der Waals surface area contributed by atoms with Gasteiger partial charge in [-0.05, 0) is 42.9 Å². The van der Waals surface area contributed by atoms with Crippen LogP contribution in [0.3, 0.4) is 0 Å². The zero-order valence-electron chi connectivity index (χ0n) is 13.4. The predicted molar refractivity (Wildman–Crippen MR) is 90.2 cm³/mol. The van der Waals surface area contributed by atoms with Crippen LogP contribution in [0.5, 0.6) is 0 Å². The quantitative estimate of drug-likeness (QED) is 0.346. The van der Waals surface area contributed by atoms with E-state index in [-0.39, 0.29) is 7.92 Å². The molecule has 0 saturated carbocycles. The molecule has 0 fully saturated rings. The Morgan fingerprint density at radius 1 is 1.16 bits per heavy atom. The van der Waals surface area contributed by atoms with Gasteiger partial charge < -0.3 is 4.74 Å². The van der Waals surface area contributed by atoms with Crippen LogP contribution in [0, 0.1) is 5.41 Å². The third kappa shape index (κ3) is 7.38. The molecule has 0 aromatic rings. The fourth-order valence-electron chi connectivity index (χ4n) is 1.89. The summed E-state index contributed by atoms with van der Waals surface area (Å²) in [5.74, 6) is 0.783. The normalized spacial score (nSPS) is 15.3. The highest BCUT2D eigenvalue weighted by Crippen LogP contribution is 2.43. The standard InChI is InChI=1S/C17H29OP/c1-9-14(11-12-15(10-2)18-6)16(19(7)8)13-17(3,4)5/h9-12,16H,1-2,13H2,3-8H3/b14-11+,15-12+. The molecule has 0 aliphatic carbocycles. The Morgan fingerprint density at radius 2 is 1.74 bits per heavy atom. The summed E-state index contributed by atoms with van der Waals surface area (Å²) in [7, 11) is 1.61. The highest BCUT2D eigenvalue weighted by atomic mass is 31.1. The molecule has 108 valence electrons. The van der Waals surface area contributed by atoms with Crippen molar-refractivity contribution in [3.05, 3.63) is 48.8 Å². The number of hydrogen-bond donors (Lipinski definition) is 0. The van der Waals surface area contributed by atoms with Gasteiger partial charge in [-0.1, -0.05) is 46.1 Å². The second-order valence-electron chi connectivity index (χ2n) is 6.09. The minimum atomic E-state index is -0.0482. The Balaban J connectivity index is 5.26. The van der Waals surface area contributed by atoms with Crippen LogP contribution in [-0.4, -0.2) is 26.1 Å². The minimum Gasteiger partial charge on any atom is -0.497 e. The maximum absolute atomic E-state index is 5.20. The fraction of sp³-hybridized carbons (Fsp3) is 0.529. The van der Waals surface area contributed by atoms with Crippen molar-refractivity contribution in [1.29, 1.82) is 0 Å². The molecular weight excluding hydrogens is 251 g/mol. The summed E-state index contributed by atoms with van der Waals surface area (Å²) >= 11 is 0. The molecular formula is C17H29OP. The Hall–Kier alpha value is -0.810. The molecule has 0 aliphatic heterocycles. The van der Waals surface area contributed by atoms with Gasteiger partial charge in [0.05, 0.1) is 7.11 Å². The molecule has 0 aromatic carbocycles. The fourth-order valence-corrected chi connectivity index (χ4v) is 3.59. The first-order chi connectivity index (χ1) is 8.75. The zero-order valence-corrected chi connectivity index (χ0v) is 14.3. The van der Waals surface area contributed by atoms with Crippen LogP contribution in [0.1, 0.15) is 27.2 Å². The molecule has 0 spiro atoms. The maximum atomic E-state index is 5.20. The Morgan fingerprint density at radius 3 is 2.05 bits per heavy atom. The first-order valence-electron chi connectivity index (χ1n) is 6.62. The summed E-state index contributed by atoms with van der Waals surface area (Å²) in [6.45, 7) is 19.2. The molecule has 19 heavy (non-hydrogen) atoms. The number of methoxy groups -OCH3 is 1. The van der Waals surface area contributed by atoms with Gasteiger partial charge >= 0.3 is 0 Å². The lowest BCUT2D eigenvalue weighted by Crippen LogP contribution is -2.17. The van der Waals surface area contributed by atoms with E-state index in [0.29, 0.717) is 11.1 Å². The molecule has 0 rings (SSSR count). The van der Waals surface area contributed by atoms with Gasteiger partial charge in [0.15, 0.2) is 0 Å². The molecule has 0 heterocycles. The van der Waals surface area contributed by atoms with Crippen molar-refractivity contribution < 1.29 is 4.74 Å². The minimum absolute atomic E-state index is 0.0482. The molecule has 0 aromatic heterocycles. The van der Waals surface area contributed by atoms with Crippen LogP contribution in [0.4, 0.5) is 0 Å². The second-order valence-corrected chi connectivity index (χ2v) is 8.64. The Bertz CT molecular complexity index is 356. The Kier molecular flexibility index (Phi) is 8.02. The van der Waals surface area contributed by atoms with Gasteiger partial charge in [0.25, 0.3) is 0 Å². The summed E-state index contributed by atoms with van der Waals surface area (Å²) in [5, 5.41) is 0. The van der Waals surface area contributed by atoms with E-state index in [1.165, 1.54) is 12.0 Å². The lowest BCUT2D eigenvalue weighted by atomic mass is 9.88. The molecule has 1 unspecified atom stereocenters. The van der Waals surface area contributed by atoms with Gasteiger partial charge in [0, 0.05) is 5.66 Å². The summed E-state index contributed by atoms with van der Waals surface area (Å²) in [4.78, 5) is 0. The summed E-state index contributed by atoms with van der Waals surface area (Å²) in [6.07, 6.45) is 8.96. The molecule has 1 atom stereocenters. The van der Waals surface area contributed by atoms with Gasteiger partial charge in [-0.25, -0.2) is 0 Å². The van der Waals surface area contributed by atoms with Crippen LogP contribution < -0.4 is 0 Å². The number of allylic oxidation sites excluding steroid dienone is 5. The van der Waals surface area contributed by atoms with Crippen molar-refractivity contribution in [1.82, 2.24) is 0 Å². The largest absolute Gasteiger partial charge is 0.497 e. The van der Waals surface area contributed by atoms with Crippen molar-refractivity contribution in [2.24, 2.45) is 5.41 Å². The summed E-state index contributed by atoms with van der Waals surface area (Å²) < 4.78 is 5.20. The highest BCUT2D eigenvalue weighted by molar-refractivity contribution is 7.57. The molecule has 0 radical (unpaired) electrons. The molecule has 0 aliphatic rings. The van der Waals surface area contributed by atoms with E-state index in [9.17, 15) is 0 Å². The van der Waals surface area contributed by atoms with Crippen molar-refractivity contribution in [2.75, 3.05) is 20.4 Å². The van der Waals surface area contributed by atoms with Crippen molar-refractivity contribution in [2.45, 2.75) is 32.9 Å². The van der Waals surface area contributed by atoms with Crippen molar-refractivity contribution in [3.8, 4) is 0 Å². The summed E-state index contributed by atoms with van der Waals surface area (Å²) in [5.41, 5.74) is 2.19.